The van der Waals surface area contributed by atoms with Gasteiger partial charge in [0.15, 0.2) is 11.0 Å². The van der Waals surface area contributed by atoms with Crippen LogP contribution in [0, 0.1) is 13.8 Å². The van der Waals surface area contributed by atoms with E-state index in [0.717, 1.165) is 29.7 Å². The van der Waals surface area contributed by atoms with Gasteiger partial charge in [-0.3, -0.25) is 9.36 Å². The zero-order chi connectivity index (χ0) is 20.4. The molecule has 2 aromatic heterocycles. The fourth-order valence-corrected chi connectivity index (χ4v) is 4.20. The molecule has 0 saturated heterocycles. The average molecular weight is 407 g/mol. The average Bonchev–Trinajstić information content (AvgIpc) is 3.16. The van der Waals surface area contributed by atoms with Crippen LogP contribution in [0.4, 0.5) is 0 Å². The molecule has 0 N–H and O–H groups in total. The number of benzene rings is 2. The molecule has 0 atom stereocenters. The monoisotopic (exact) mass is 406 g/mol. The second-order valence-electron chi connectivity index (χ2n) is 6.94. The number of rotatable bonds is 6. The number of aryl methyl sites for hydroxylation is 3. The molecule has 0 aliphatic heterocycles. The maximum absolute atomic E-state index is 13.4. The van der Waals surface area contributed by atoms with Gasteiger partial charge in [-0.05, 0) is 43.5 Å². The Bertz CT molecular complexity index is 1210. The molecule has 2 aromatic carbocycles. The van der Waals surface area contributed by atoms with Crippen molar-refractivity contribution in [3.05, 3.63) is 75.7 Å². The molecule has 4 aromatic rings. The van der Waals surface area contributed by atoms with E-state index in [1.807, 2.05) is 56.3 Å². The van der Waals surface area contributed by atoms with Gasteiger partial charge < -0.3 is 4.52 Å². The van der Waals surface area contributed by atoms with Crippen LogP contribution in [0.5, 0.6) is 0 Å². The lowest BCUT2D eigenvalue weighted by molar-refractivity contribution is 0.384. The van der Waals surface area contributed by atoms with Crippen LogP contribution in [0.2, 0.25) is 0 Å². The van der Waals surface area contributed by atoms with Crippen LogP contribution in [0.3, 0.4) is 0 Å². The summed E-state index contributed by atoms with van der Waals surface area (Å²) >= 11 is 1.43. The molecule has 0 fully saturated rings. The molecular formula is C22H22N4O2S. The van der Waals surface area contributed by atoms with Gasteiger partial charge in [0.2, 0.25) is 5.89 Å². The van der Waals surface area contributed by atoms with Gasteiger partial charge >= 0.3 is 0 Å². The van der Waals surface area contributed by atoms with Crippen molar-refractivity contribution in [2.45, 2.75) is 44.5 Å². The number of hydrogen-bond acceptors (Lipinski definition) is 6. The number of para-hydroxylation sites is 2. The minimum atomic E-state index is -0.0762. The van der Waals surface area contributed by atoms with Gasteiger partial charge in [0.1, 0.15) is 0 Å². The van der Waals surface area contributed by atoms with Gasteiger partial charge in [-0.1, -0.05) is 54.2 Å². The Balaban J connectivity index is 1.82. The number of nitrogens with zero attached hydrogens (tertiary/aromatic N) is 4. The molecule has 0 radical (unpaired) electrons. The molecule has 6 nitrogen and oxygen atoms in total. The van der Waals surface area contributed by atoms with E-state index in [-0.39, 0.29) is 5.56 Å². The molecule has 7 heteroatoms. The number of aromatic nitrogens is 4. The molecule has 0 saturated carbocycles. The van der Waals surface area contributed by atoms with Gasteiger partial charge in [0, 0.05) is 6.42 Å². The standard InChI is InChI=1S/C22H22N4O2S/c1-4-8-18-24-19(28-25-18)13-29-22-23-17-12-6-5-11-16(17)21(27)26(22)20-14(2)9-7-10-15(20)3/h5-7,9-12H,4,8,13H2,1-3H3. The van der Waals surface area contributed by atoms with Crippen molar-refractivity contribution in [1.82, 2.24) is 19.7 Å². The van der Waals surface area contributed by atoms with Gasteiger partial charge in [-0.2, -0.15) is 4.98 Å². The summed E-state index contributed by atoms with van der Waals surface area (Å²) in [5, 5.41) is 5.22. The summed E-state index contributed by atoms with van der Waals surface area (Å²) in [6, 6.07) is 13.4. The molecule has 29 heavy (non-hydrogen) atoms. The zero-order valence-electron chi connectivity index (χ0n) is 16.7. The predicted octanol–water partition coefficient (Wildman–Crippen LogP) is 4.63. The topological polar surface area (TPSA) is 73.8 Å². The lowest BCUT2D eigenvalue weighted by Gasteiger charge is -2.16. The smallest absolute Gasteiger partial charge is 0.266 e. The first-order valence-electron chi connectivity index (χ1n) is 9.61. The van der Waals surface area contributed by atoms with Crippen molar-refractivity contribution in [2.24, 2.45) is 0 Å². The first kappa shape index (κ1) is 19.4. The quantitative estimate of drug-likeness (QED) is 0.343. The van der Waals surface area contributed by atoms with Crippen molar-refractivity contribution in [3.63, 3.8) is 0 Å². The fraction of sp³-hybridized carbons (Fsp3) is 0.273. The Morgan fingerprint density at radius 3 is 2.55 bits per heavy atom. The lowest BCUT2D eigenvalue weighted by atomic mass is 10.1. The van der Waals surface area contributed by atoms with E-state index < -0.39 is 0 Å². The highest BCUT2D eigenvalue weighted by Crippen LogP contribution is 2.27. The van der Waals surface area contributed by atoms with E-state index in [9.17, 15) is 4.79 Å². The van der Waals surface area contributed by atoms with Crippen LogP contribution >= 0.6 is 11.8 Å². The van der Waals surface area contributed by atoms with Crippen molar-refractivity contribution < 1.29 is 4.52 Å². The van der Waals surface area contributed by atoms with Crippen molar-refractivity contribution in [2.75, 3.05) is 0 Å². The summed E-state index contributed by atoms with van der Waals surface area (Å²) < 4.78 is 7.06. The molecule has 2 heterocycles. The Morgan fingerprint density at radius 1 is 1.03 bits per heavy atom. The summed E-state index contributed by atoms with van der Waals surface area (Å²) in [6.45, 7) is 6.09. The van der Waals surface area contributed by atoms with Crippen LogP contribution in [-0.2, 0) is 12.2 Å². The maximum Gasteiger partial charge on any atom is 0.266 e. The number of fused-ring (bicyclic) bond motifs is 1. The van der Waals surface area contributed by atoms with Crippen LogP contribution in [0.25, 0.3) is 16.6 Å². The van der Waals surface area contributed by atoms with Crippen molar-refractivity contribution in [1.29, 1.82) is 0 Å². The van der Waals surface area contributed by atoms with Crippen LogP contribution in [-0.4, -0.2) is 19.7 Å². The van der Waals surface area contributed by atoms with Crippen LogP contribution < -0.4 is 5.56 Å². The van der Waals surface area contributed by atoms with Gasteiger partial charge in [-0.25, -0.2) is 4.98 Å². The number of thioether (sulfide) groups is 1. The summed E-state index contributed by atoms with van der Waals surface area (Å²) in [6.07, 6.45) is 1.75. The molecular weight excluding hydrogens is 384 g/mol. The van der Waals surface area contributed by atoms with E-state index in [2.05, 4.69) is 17.1 Å². The van der Waals surface area contributed by atoms with Crippen molar-refractivity contribution in [3.8, 4) is 5.69 Å². The third kappa shape index (κ3) is 3.82. The third-order valence-corrected chi connectivity index (χ3v) is 5.64. The Kier molecular flexibility index (Phi) is 5.49. The summed E-state index contributed by atoms with van der Waals surface area (Å²) in [7, 11) is 0. The minimum Gasteiger partial charge on any atom is -0.338 e. The van der Waals surface area contributed by atoms with Crippen LogP contribution in [0.1, 0.15) is 36.2 Å². The van der Waals surface area contributed by atoms with E-state index in [1.54, 1.807) is 4.57 Å². The molecule has 0 spiro atoms. The molecule has 4 rings (SSSR count). The van der Waals surface area contributed by atoms with Gasteiger partial charge in [0.25, 0.3) is 5.56 Å². The summed E-state index contributed by atoms with van der Waals surface area (Å²) in [5.41, 5.74) is 3.52. The lowest BCUT2D eigenvalue weighted by Crippen LogP contribution is -2.23. The fourth-order valence-electron chi connectivity index (χ4n) is 3.36. The normalized spacial score (nSPS) is 11.3. The largest absolute Gasteiger partial charge is 0.338 e. The highest BCUT2D eigenvalue weighted by molar-refractivity contribution is 7.98. The summed E-state index contributed by atoms with van der Waals surface area (Å²) in [5.74, 6) is 1.70. The van der Waals surface area contributed by atoms with Gasteiger partial charge in [0.05, 0.1) is 22.3 Å². The van der Waals surface area contributed by atoms with E-state index in [0.29, 0.717) is 33.5 Å². The van der Waals surface area contributed by atoms with E-state index in [4.69, 9.17) is 9.51 Å². The Hall–Kier alpha value is -2.93. The Morgan fingerprint density at radius 2 is 1.79 bits per heavy atom. The third-order valence-electron chi connectivity index (χ3n) is 4.72. The first-order chi connectivity index (χ1) is 14.1. The summed E-state index contributed by atoms with van der Waals surface area (Å²) in [4.78, 5) is 22.6. The predicted molar refractivity (Wildman–Crippen MR) is 115 cm³/mol. The van der Waals surface area contributed by atoms with Crippen molar-refractivity contribution >= 4 is 22.7 Å². The minimum absolute atomic E-state index is 0.0762. The highest BCUT2D eigenvalue weighted by atomic mass is 32.2. The van der Waals surface area contributed by atoms with Crippen LogP contribution in [0.15, 0.2) is 56.9 Å². The molecule has 0 amide bonds. The highest BCUT2D eigenvalue weighted by Gasteiger charge is 2.17. The second-order valence-corrected chi connectivity index (χ2v) is 7.88. The Labute approximate surface area is 173 Å². The molecule has 0 unspecified atom stereocenters. The number of hydrogen-bond donors (Lipinski definition) is 0. The molecule has 0 bridgehead atoms. The molecule has 0 aliphatic carbocycles. The zero-order valence-corrected chi connectivity index (χ0v) is 17.5. The second kappa shape index (κ2) is 8.21. The molecule has 148 valence electrons. The molecule has 0 aliphatic rings. The SMILES string of the molecule is CCCc1noc(CSc2nc3ccccc3c(=O)n2-c2c(C)cccc2C)n1. The first-order valence-corrected chi connectivity index (χ1v) is 10.6. The van der Waals surface area contributed by atoms with E-state index in [1.165, 1.54) is 11.8 Å². The van der Waals surface area contributed by atoms with E-state index >= 15 is 0 Å². The maximum atomic E-state index is 13.4. The van der Waals surface area contributed by atoms with Gasteiger partial charge in [-0.15, -0.1) is 0 Å².